The van der Waals surface area contributed by atoms with Gasteiger partial charge in [-0.15, -0.1) is 0 Å². The van der Waals surface area contributed by atoms with Gasteiger partial charge in [0, 0.05) is 6.54 Å². The summed E-state index contributed by atoms with van der Waals surface area (Å²) in [4.78, 5) is 8.77. The number of fused-ring (bicyclic) bond motifs is 1. The quantitative estimate of drug-likeness (QED) is 0.844. The summed E-state index contributed by atoms with van der Waals surface area (Å²) in [5, 5.41) is 13.1. The van der Waals surface area contributed by atoms with E-state index in [1.54, 1.807) is 6.20 Å². The lowest BCUT2D eigenvalue weighted by Crippen LogP contribution is -2.43. The second-order valence-corrected chi connectivity index (χ2v) is 4.68. The highest BCUT2D eigenvalue weighted by Gasteiger charge is 2.33. The van der Waals surface area contributed by atoms with E-state index in [0.717, 1.165) is 36.1 Å². The van der Waals surface area contributed by atoms with Gasteiger partial charge in [0.15, 0.2) is 0 Å². The van der Waals surface area contributed by atoms with Crippen LogP contribution in [0.1, 0.15) is 19.3 Å². The highest BCUT2D eigenvalue weighted by Crippen LogP contribution is 2.31. The Kier molecular flexibility index (Phi) is 2.44. The van der Waals surface area contributed by atoms with Crippen molar-refractivity contribution in [1.82, 2.24) is 9.97 Å². The van der Waals surface area contributed by atoms with E-state index in [-0.39, 0.29) is 0 Å². The third-order valence-electron chi connectivity index (χ3n) is 3.33. The van der Waals surface area contributed by atoms with Crippen LogP contribution in [0.5, 0.6) is 0 Å². The van der Waals surface area contributed by atoms with E-state index in [0.29, 0.717) is 6.54 Å². The number of para-hydroxylation sites is 2. The maximum absolute atomic E-state index is 9.97. The van der Waals surface area contributed by atoms with Gasteiger partial charge in [-0.25, -0.2) is 4.98 Å². The molecule has 4 nitrogen and oxygen atoms in total. The summed E-state index contributed by atoms with van der Waals surface area (Å²) in [6, 6.07) is 7.76. The minimum Gasteiger partial charge on any atom is -0.388 e. The molecule has 0 bridgehead atoms. The summed E-state index contributed by atoms with van der Waals surface area (Å²) in [5.41, 5.74) is 1.23. The van der Waals surface area contributed by atoms with Gasteiger partial charge >= 0.3 is 0 Å². The molecular weight excluding hydrogens is 214 g/mol. The summed E-state index contributed by atoms with van der Waals surface area (Å²) in [6.07, 6.45) is 4.58. The monoisotopic (exact) mass is 229 g/mol. The maximum atomic E-state index is 9.97. The first-order valence-electron chi connectivity index (χ1n) is 5.93. The van der Waals surface area contributed by atoms with Gasteiger partial charge in [0.05, 0.1) is 22.8 Å². The van der Waals surface area contributed by atoms with Crippen LogP contribution in [0.25, 0.3) is 11.0 Å². The number of rotatable bonds is 3. The summed E-state index contributed by atoms with van der Waals surface area (Å²) in [5.74, 6) is 0.726. The van der Waals surface area contributed by atoms with Crippen LogP contribution in [-0.4, -0.2) is 27.2 Å². The molecule has 1 aliphatic carbocycles. The Bertz CT molecular complexity index is 537. The van der Waals surface area contributed by atoms with Gasteiger partial charge in [-0.1, -0.05) is 12.1 Å². The molecular formula is C13H15N3O. The van der Waals surface area contributed by atoms with Crippen molar-refractivity contribution in [3.63, 3.8) is 0 Å². The topological polar surface area (TPSA) is 58.0 Å². The normalized spacial score (nSPS) is 17.7. The number of nitrogens with one attached hydrogen (secondary N) is 1. The molecule has 1 fully saturated rings. The van der Waals surface area contributed by atoms with Gasteiger partial charge in [0.25, 0.3) is 0 Å². The Morgan fingerprint density at radius 1 is 1.24 bits per heavy atom. The van der Waals surface area contributed by atoms with Crippen molar-refractivity contribution in [1.29, 1.82) is 0 Å². The predicted octanol–water partition coefficient (Wildman–Crippen LogP) is 1.96. The van der Waals surface area contributed by atoms with Gasteiger partial charge in [-0.05, 0) is 31.4 Å². The van der Waals surface area contributed by atoms with Gasteiger partial charge in [-0.2, -0.15) is 0 Å². The number of aromatic nitrogens is 2. The van der Waals surface area contributed by atoms with E-state index in [2.05, 4.69) is 15.3 Å². The lowest BCUT2D eigenvalue weighted by Gasteiger charge is -2.36. The number of nitrogens with zero attached hydrogens (tertiary/aromatic N) is 2. The number of benzene rings is 1. The molecule has 1 saturated carbocycles. The molecule has 1 aromatic heterocycles. The van der Waals surface area contributed by atoms with Gasteiger partial charge in [-0.3, -0.25) is 4.98 Å². The fraction of sp³-hybridized carbons (Fsp3) is 0.385. The molecule has 0 radical (unpaired) electrons. The molecule has 0 unspecified atom stereocenters. The van der Waals surface area contributed by atoms with E-state index in [1.807, 2.05) is 24.3 Å². The zero-order chi connectivity index (χ0) is 11.7. The Hall–Kier alpha value is -1.68. The van der Waals surface area contributed by atoms with Crippen LogP contribution in [0.15, 0.2) is 30.5 Å². The van der Waals surface area contributed by atoms with Crippen LogP contribution in [0.4, 0.5) is 5.82 Å². The van der Waals surface area contributed by atoms with Crippen molar-refractivity contribution in [3.8, 4) is 0 Å². The Labute approximate surface area is 99.7 Å². The van der Waals surface area contributed by atoms with Crippen molar-refractivity contribution in [2.75, 3.05) is 11.9 Å². The summed E-state index contributed by atoms with van der Waals surface area (Å²) >= 11 is 0. The molecule has 3 rings (SSSR count). The molecule has 2 aromatic rings. The fourth-order valence-corrected chi connectivity index (χ4v) is 2.06. The molecule has 0 atom stereocenters. The molecule has 88 valence electrons. The second-order valence-electron chi connectivity index (χ2n) is 4.68. The van der Waals surface area contributed by atoms with Crippen molar-refractivity contribution in [2.45, 2.75) is 24.9 Å². The van der Waals surface area contributed by atoms with Crippen molar-refractivity contribution < 1.29 is 5.11 Å². The Morgan fingerprint density at radius 3 is 2.71 bits per heavy atom. The predicted molar refractivity (Wildman–Crippen MR) is 66.8 cm³/mol. The zero-order valence-electron chi connectivity index (χ0n) is 9.56. The number of hydrogen-bond acceptors (Lipinski definition) is 4. The Morgan fingerprint density at radius 2 is 2.00 bits per heavy atom. The van der Waals surface area contributed by atoms with Crippen LogP contribution >= 0.6 is 0 Å². The Balaban J connectivity index is 1.76. The smallest absolute Gasteiger partial charge is 0.145 e. The van der Waals surface area contributed by atoms with Crippen molar-refractivity contribution >= 4 is 16.9 Å². The number of aliphatic hydroxyl groups is 1. The molecule has 1 aliphatic rings. The van der Waals surface area contributed by atoms with E-state index >= 15 is 0 Å². The molecule has 1 aromatic carbocycles. The summed E-state index contributed by atoms with van der Waals surface area (Å²) in [6.45, 7) is 0.556. The molecule has 4 heteroatoms. The third kappa shape index (κ3) is 2.08. The van der Waals surface area contributed by atoms with E-state index in [1.165, 1.54) is 0 Å². The molecule has 0 spiro atoms. The molecule has 1 heterocycles. The molecule has 2 N–H and O–H groups in total. The first kappa shape index (κ1) is 10.5. The van der Waals surface area contributed by atoms with Gasteiger partial charge in [0.1, 0.15) is 5.82 Å². The average molecular weight is 229 g/mol. The minimum atomic E-state index is -0.534. The van der Waals surface area contributed by atoms with Crippen LogP contribution < -0.4 is 5.32 Å². The van der Waals surface area contributed by atoms with Crippen molar-refractivity contribution in [3.05, 3.63) is 30.5 Å². The lowest BCUT2D eigenvalue weighted by atomic mass is 9.80. The first-order valence-corrected chi connectivity index (χ1v) is 5.93. The maximum Gasteiger partial charge on any atom is 0.145 e. The molecule has 0 saturated heterocycles. The minimum absolute atomic E-state index is 0.534. The van der Waals surface area contributed by atoms with E-state index in [4.69, 9.17) is 0 Å². The van der Waals surface area contributed by atoms with Gasteiger partial charge in [0.2, 0.25) is 0 Å². The van der Waals surface area contributed by atoms with E-state index < -0.39 is 5.60 Å². The first-order chi connectivity index (χ1) is 8.25. The molecule has 17 heavy (non-hydrogen) atoms. The average Bonchev–Trinajstić information content (AvgIpc) is 2.34. The number of hydrogen-bond donors (Lipinski definition) is 2. The largest absolute Gasteiger partial charge is 0.388 e. The summed E-state index contributed by atoms with van der Waals surface area (Å²) in [7, 11) is 0. The van der Waals surface area contributed by atoms with Crippen LogP contribution in [0.3, 0.4) is 0 Å². The highest BCUT2D eigenvalue weighted by molar-refractivity contribution is 5.75. The molecule has 0 aliphatic heterocycles. The molecule has 0 amide bonds. The highest BCUT2D eigenvalue weighted by atomic mass is 16.3. The second kappa shape index (κ2) is 3.96. The van der Waals surface area contributed by atoms with Crippen LogP contribution in [0.2, 0.25) is 0 Å². The lowest BCUT2D eigenvalue weighted by molar-refractivity contribution is -0.0202. The SMILES string of the molecule is OC1(CNc2cnc3ccccc3n2)CCC1. The van der Waals surface area contributed by atoms with Crippen LogP contribution in [-0.2, 0) is 0 Å². The zero-order valence-corrected chi connectivity index (χ0v) is 9.56. The number of anilines is 1. The van der Waals surface area contributed by atoms with Crippen molar-refractivity contribution in [2.24, 2.45) is 0 Å². The summed E-state index contributed by atoms with van der Waals surface area (Å²) < 4.78 is 0. The standard InChI is InChI=1S/C13H15N3O/c17-13(6-3-7-13)9-15-12-8-14-10-4-1-2-5-11(10)16-12/h1-2,4-5,8,17H,3,6-7,9H2,(H,15,16). The third-order valence-corrected chi connectivity index (χ3v) is 3.33. The van der Waals surface area contributed by atoms with Crippen LogP contribution in [0, 0.1) is 0 Å². The van der Waals surface area contributed by atoms with Gasteiger partial charge < -0.3 is 10.4 Å². The fourth-order valence-electron chi connectivity index (χ4n) is 2.06. The van der Waals surface area contributed by atoms with E-state index in [9.17, 15) is 5.11 Å².